The largest absolute Gasteiger partial charge is 0.455 e. The van der Waals surface area contributed by atoms with Crippen LogP contribution in [0.15, 0.2) is 29.2 Å². The van der Waals surface area contributed by atoms with Crippen molar-refractivity contribution in [3.8, 4) is 0 Å². The van der Waals surface area contributed by atoms with E-state index in [0.717, 1.165) is 18.6 Å². The summed E-state index contributed by atoms with van der Waals surface area (Å²) in [7, 11) is -3.98. The highest BCUT2D eigenvalue weighted by molar-refractivity contribution is 7.89. The van der Waals surface area contributed by atoms with Crippen LogP contribution in [0, 0.1) is 5.92 Å². The van der Waals surface area contributed by atoms with Gasteiger partial charge in [0.1, 0.15) is 0 Å². The van der Waals surface area contributed by atoms with Gasteiger partial charge in [0.15, 0.2) is 6.61 Å². The number of rotatable bonds is 5. The SMILES string of the molecule is NS(=O)(=O)c1cc(Cl)c(NC(=O)COC(=O)[C@H]2CC=CCC2)c(Cl)c1. The Labute approximate surface area is 155 Å². The number of anilines is 1. The number of esters is 1. The van der Waals surface area contributed by atoms with Gasteiger partial charge < -0.3 is 10.1 Å². The van der Waals surface area contributed by atoms with E-state index in [4.69, 9.17) is 33.1 Å². The number of amides is 1. The van der Waals surface area contributed by atoms with Gasteiger partial charge in [0.25, 0.3) is 5.91 Å². The first-order chi connectivity index (χ1) is 11.7. The number of hydrogen-bond acceptors (Lipinski definition) is 5. The molecule has 0 heterocycles. The molecule has 0 unspecified atom stereocenters. The Balaban J connectivity index is 1.98. The Bertz CT molecular complexity index is 800. The van der Waals surface area contributed by atoms with Crippen LogP contribution < -0.4 is 10.5 Å². The van der Waals surface area contributed by atoms with Crippen molar-refractivity contribution in [1.82, 2.24) is 0 Å². The first-order valence-electron chi connectivity index (χ1n) is 7.32. The van der Waals surface area contributed by atoms with Crippen LogP contribution in [-0.4, -0.2) is 26.9 Å². The lowest BCUT2D eigenvalue weighted by molar-refractivity contribution is -0.151. The van der Waals surface area contributed by atoms with Crippen molar-refractivity contribution in [3.63, 3.8) is 0 Å². The third kappa shape index (κ3) is 5.43. The molecule has 0 bridgehead atoms. The average Bonchev–Trinajstić information content (AvgIpc) is 2.55. The minimum Gasteiger partial charge on any atom is -0.455 e. The quantitative estimate of drug-likeness (QED) is 0.575. The van der Waals surface area contributed by atoms with E-state index in [1.165, 1.54) is 0 Å². The number of nitrogens with one attached hydrogen (secondary N) is 1. The summed E-state index contributed by atoms with van der Waals surface area (Å²) in [5.41, 5.74) is 0.0115. The molecule has 0 saturated heterocycles. The fourth-order valence-corrected chi connectivity index (χ4v) is 3.55. The minimum absolute atomic E-state index is 0.0115. The molecule has 10 heteroatoms. The second kappa shape index (κ2) is 8.18. The van der Waals surface area contributed by atoms with Gasteiger partial charge in [0.05, 0.1) is 26.5 Å². The summed E-state index contributed by atoms with van der Waals surface area (Å²) in [6.45, 7) is -0.497. The summed E-state index contributed by atoms with van der Waals surface area (Å²) in [5.74, 6) is -1.34. The lowest BCUT2D eigenvalue weighted by Crippen LogP contribution is -2.25. The van der Waals surface area contributed by atoms with Gasteiger partial charge in [-0.3, -0.25) is 9.59 Å². The number of halogens is 2. The zero-order valence-electron chi connectivity index (χ0n) is 13.0. The van der Waals surface area contributed by atoms with Crippen molar-refractivity contribution in [2.45, 2.75) is 24.2 Å². The second-order valence-electron chi connectivity index (χ2n) is 5.44. The third-order valence-electron chi connectivity index (χ3n) is 3.56. The van der Waals surface area contributed by atoms with Gasteiger partial charge in [-0.2, -0.15) is 0 Å². The summed E-state index contributed by atoms with van der Waals surface area (Å²) < 4.78 is 27.6. The summed E-state index contributed by atoms with van der Waals surface area (Å²) in [4.78, 5) is 23.5. The zero-order chi connectivity index (χ0) is 18.6. The van der Waals surface area contributed by atoms with E-state index < -0.39 is 28.5 Å². The molecule has 2 rings (SSSR count). The van der Waals surface area contributed by atoms with Crippen LogP contribution in [0.5, 0.6) is 0 Å². The molecule has 1 aliphatic rings. The molecule has 136 valence electrons. The van der Waals surface area contributed by atoms with E-state index in [-0.39, 0.29) is 26.5 Å². The summed E-state index contributed by atoms with van der Waals surface area (Å²) in [5, 5.41) is 7.18. The molecule has 1 aromatic carbocycles. The van der Waals surface area contributed by atoms with Gasteiger partial charge >= 0.3 is 5.97 Å². The van der Waals surface area contributed by atoms with Crippen molar-refractivity contribution in [2.75, 3.05) is 11.9 Å². The highest BCUT2D eigenvalue weighted by Crippen LogP contribution is 2.33. The second-order valence-corrected chi connectivity index (χ2v) is 7.82. The van der Waals surface area contributed by atoms with Crippen LogP contribution in [0.2, 0.25) is 10.0 Å². The van der Waals surface area contributed by atoms with Gasteiger partial charge in [0.2, 0.25) is 10.0 Å². The summed E-state index contributed by atoms with van der Waals surface area (Å²) in [6.07, 6.45) is 5.97. The summed E-state index contributed by atoms with van der Waals surface area (Å²) >= 11 is 11.9. The monoisotopic (exact) mass is 406 g/mol. The smallest absolute Gasteiger partial charge is 0.309 e. The number of benzene rings is 1. The Kier molecular flexibility index (Phi) is 6.45. The molecule has 25 heavy (non-hydrogen) atoms. The van der Waals surface area contributed by atoms with Crippen LogP contribution in [-0.2, 0) is 24.3 Å². The molecular weight excluding hydrogens is 391 g/mol. The normalized spacial score (nSPS) is 17.2. The van der Waals surface area contributed by atoms with Gasteiger partial charge in [-0.15, -0.1) is 0 Å². The van der Waals surface area contributed by atoms with E-state index in [0.29, 0.717) is 12.8 Å². The van der Waals surface area contributed by atoms with Crippen LogP contribution in [0.4, 0.5) is 5.69 Å². The van der Waals surface area contributed by atoms with Crippen LogP contribution in [0.25, 0.3) is 0 Å². The minimum atomic E-state index is -3.98. The molecule has 0 fully saturated rings. The fourth-order valence-electron chi connectivity index (χ4n) is 2.27. The van der Waals surface area contributed by atoms with E-state index in [1.54, 1.807) is 0 Å². The van der Waals surface area contributed by atoms with Crippen molar-refractivity contribution in [3.05, 3.63) is 34.3 Å². The number of sulfonamides is 1. The maximum Gasteiger partial charge on any atom is 0.309 e. The van der Waals surface area contributed by atoms with E-state index in [9.17, 15) is 18.0 Å². The number of carbonyl (C=O) groups excluding carboxylic acids is 2. The van der Waals surface area contributed by atoms with Crippen molar-refractivity contribution in [2.24, 2.45) is 11.1 Å². The molecule has 1 aliphatic carbocycles. The molecule has 1 atom stereocenters. The molecule has 1 amide bonds. The Morgan fingerprint density at radius 2 is 1.88 bits per heavy atom. The van der Waals surface area contributed by atoms with Gasteiger partial charge in [-0.05, 0) is 31.4 Å². The van der Waals surface area contributed by atoms with Gasteiger partial charge in [-0.25, -0.2) is 13.6 Å². The maximum absolute atomic E-state index is 11.9. The molecule has 0 saturated carbocycles. The van der Waals surface area contributed by atoms with Gasteiger partial charge in [0, 0.05) is 0 Å². The maximum atomic E-state index is 11.9. The predicted octanol–water partition coefficient (Wildman–Crippen LogP) is 2.48. The first-order valence-corrected chi connectivity index (χ1v) is 9.62. The van der Waals surface area contributed by atoms with E-state index in [1.807, 2.05) is 12.2 Å². The predicted molar refractivity (Wildman–Crippen MR) is 93.9 cm³/mol. The van der Waals surface area contributed by atoms with Crippen LogP contribution in [0.1, 0.15) is 19.3 Å². The van der Waals surface area contributed by atoms with Crippen molar-refractivity contribution < 1.29 is 22.7 Å². The lowest BCUT2D eigenvalue weighted by Gasteiger charge is -2.16. The number of hydrogen-bond donors (Lipinski definition) is 2. The van der Waals surface area contributed by atoms with Gasteiger partial charge in [-0.1, -0.05) is 35.4 Å². The summed E-state index contributed by atoms with van der Waals surface area (Å²) in [6, 6.07) is 2.14. The van der Waals surface area contributed by atoms with Crippen LogP contribution >= 0.6 is 23.2 Å². The zero-order valence-corrected chi connectivity index (χ0v) is 15.3. The molecule has 3 N–H and O–H groups in total. The number of nitrogens with two attached hydrogens (primary N) is 1. The molecule has 0 radical (unpaired) electrons. The highest BCUT2D eigenvalue weighted by atomic mass is 35.5. The third-order valence-corrected chi connectivity index (χ3v) is 5.05. The standard InChI is InChI=1S/C15H16Cl2N2O5S/c16-11-6-10(25(18,22)23)7-12(17)14(11)19-13(20)8-24-15(21)9-4-2-1-3-5-9/h1-2,6-7,9H,3-5,8H2,(H,19,20)(H2,18,22,23)/t9-/m0/s1. The first kappa shape index (κ1) is 19.7. The Hall–Kier alpha value is -1.61. The fraction of sp³-hybridized carbons (Fsp3) is 0.333. The van der Waals surface area contributed by atoms with E-state index in [2.05, 4.69) is 5.32 Å². The van der Waals surface area contributed by atoms with Crippen molar-refractivity contribution >= 4 is 50.8 Å². The molecular formula is C15H16Cl2N2O5S. The number of allylic oxidation sites excluding steroid dienone is 2. The molecule has 1 aromatic rings. The molecule has 0 spiro atoms. The molecule has 0 aliphatic heterocycles. The van der Waals surface area contributed by atoms with Crippen molar-refractivity contribution in [1.29, 1.82) is 0 Å². The lowest BCUT2D eigenvalue weighted by atomic mass is 9.95. The Morgan fingerprint density at radius 1 is 1.24 bits per heavy atom. The number of primary sulfonamides is 1. The Morgan fingerprint density at radius 3 is 2.40 bits per heavy atom. The average molecular weight is 407 g/mol. The number of carbonyl (C=O) groups is 2. The van der Waals surface area contributed by atoms with Crippen LogP contribution in [0.3, 0.4) is 0 Å². The molecule has 0 aromatic heterocycles. The highest BCUT2D eigenvalue weighted by Gasteiger charge is 2.22. The van der Waals surface area contributed by atoms with E-state index >= 15 is 0 Å². The topological polar surface area (TPSA) is 116 Å². The molecule has 7 nitrogen and oxygen atoms in total. The number of ether oxygens (including phenoxy) is 1.